The second-order valence-electron chi connectivity index (χ2n) is 27.2. The van der Waals surface area contributed by atoms with Crippen molar-refractivity contribution in [3.8, 4) is 33.4 Å². The molecule has 0 spiro atoms. The predicted molar refractivity (Wildman–Crippen MR) is 371 cm³/mol. The minimum absolute atomic E-state index is 0.0651. The van der Waals surface area contributed by atoms with Crippen molar-refractivity contribution >= 4 is 45.7 Å². The van der Waals surface area contributed by atoms with Crippen LogP contribution >= 0.6 is 25.4 Å². The van der Waals surface area contributed by atoms with Gasteiger partial charge in [-0.3, -0.25) is 0 Å². The first-order valence-electron chi connectivity index (χ1n) is 33.3. The second-order valence-corrected chi connectivity index (χ2v) is 34.6. The van der Waals surface area contributed by atoms with Crippen molar-refractivity contribution in [3.05, 3.63) is 155 Å². The Hall–Kier alpha value is -3.07. The quantitative estimate of drug-likeness (QED) is 0.0583. The molecule has 0 aromatic heterocycles. The number of para-hydroxylation sites is 1. The summed E-state index contributed by atoms with van der Waals surface area (Å²) in [6, 6.07) is 45.8. The molecule has 452 valence electrons. The average Bonchev–Trinajstić information content (AvgIpc) is 3.57. The van der Waals surface area contributed by atoms with Gasteiger partial charge in [0, 0.05) is 0 Å². The zero-order valence-corrected chi connectivity index (χ0v) is 57.7. The van der Waals surface area contributed by atoms with E-state index in [1.807, 2.05) is 42.5 Å². The maximum absolute atomic E-state index is 5.94. The van der Waals surface area contributed by atoms with Gasteiger partial charge in [-0.2, -0.15) is 0 Å². The van der Waals surface area contributed by atoms with Gasteiger partial charge in [0.05, 0.1) is 0 Å². The molecule has 0 bridgehead atoms. The van der Waals surface area contributed by atoms with Gasteiger partial charge in [0.2, 0.25) is 0 Å². The van der Waals surface area contributed by atoms with Gasteiger partial charge in [0.1, 0.15) is 0 Å². The van der Waals surface area contributed by atoms with Gasteiger partial charge in [-0.15, -0.1) is 0 Å². The molecule has 10 rings (SSSR count). The molecule has 6 aromatic carbocycles. The zero-order chi connectivity index (χ0) is 59.2. The molecule has 4 aliphatic carbocycles. The van der Waals surface area contributed by atoms with Crippen molar-refractivity contribution in [2.45, 2.75) is 270 Å². The first kappa shape index (κ1) is 65.9. The normalized spacial score (nSPS) is 17.1. The molecule has 2 N–H and O–H groups in total. The summed E-state index contributed by atoms with van der Waals surface area (Å²) in [6.45, 7) is 28.5. The van der Waals surface area contributed by atoms with Crippen LogP contribution in [0.2, 0.25) is 0 Å². The fraction of sp³-hybridized carbons (Fsp3) is 0.538. The molecule has 1 nitrogen and oxygen atoms in total. The van der Waals surface area contributed by atoms with Crippen molar-refractivity contribution in [3.63, 3.8) is 0 Å². The number of benzene rings is 6. The fourth-order valence-electron chi connectivity index (χ4n) is 14.6. The predicted octanol–water partition coefficient (Wildman–Crippen LogP) is 23.8. The zero-order valence-electron chi connectivity index (χ0n) is 53.6. The summed E-state index contributed by atoms with van der Waals surface area (Å²) < 4.78 is 1.16. The minimum atomic E-state index is -0.120. The van der Waals surface area contributed by atoms with Crippen LogP contribution in [0.25, 0.3) is 33.4 Å². The van der Waals surface area contributed by atoms with E-state index in [0.717, 1.165) is 43.5 Å². The molecule has 83 heavy (non-hydrogen) atoms. The van der Waals surface area contributed by atoms with Gasteiger partial charge < -0.3 is 0 Å². The van der Waals surface area contributed by atoms with Gasteiger partial charge in [-0.05, 0) is 182 Å². The average molecular weight is 1260 g/mol. The molecule has 4 aliphatic rings. The van der Waals surface area contributed by atoms with Crippen LogP contribution in [0.5, 0.6) is 0 Å². The summed E-state index contributed by atoms with van der Waals surface area (Å²) in [6.07, 6.45) is 29.3. The summed E-state index contributed by atoms with van der Waals surface area (Å²) in [5.41, 5.74) is 28.2. The molecular formula is C78H108ClNP2Pd. The van der Waals surface area contributed by atoms with Crippen molar-refractivity contribution < 1.29 is 17.0 Å². The molecule has 0 unspecified atom stereocenters. The third-order valence-electron chi connectivity index (χ3n) is 19.2. The van der Waals surface area contributed by atoms with E-state index in [-0.39, 0.29) is 32.8 Å². The Morgan fingerprint density at radius 2 is 0.747 bits per heavy atom. The van der Waals surface area contributed by atoms with E-state index in [2.05, 4.69) is 162 Å². The van der Waals surface area contributed by atoms with Crippen LogP contribution in [0.1, 0.15) is 280 Å². The van der Waals surface area contributed by atoms with Crippen LogP contribution < -0.4 is 20.4 Å². The number of hydrogen-bond donors (Lipinski definition) is 1. The molecule has 4 fully saturated rings. The van der Waals surface area contributed by atoms with E-state index in [1.165, 1.54) is 145 Å². The summed E-state index contributed by atoms with van der Waals surface area (Å²) >= 11 is 0.0778. The molecular weight excluding hydrogens is 1150 g/mol. The Morgan fingerprint density at radius 3 is 1.16 bits per heavy atom. The third-order valence-corrected chi connectivity index (χ3v) is 28.0. The Balaban J connectivity index is 0.000000175. The summed E-state index contributed by atoms with van der Waals surface area (Å²) in [4.78, 5) is 0. The SMILES string of the molecule is CC(C)c1cc(C(C)C)c(-c2cccc(P(C3CCCCC3)C3CCCCC3)c2)c(C(C)C)c1.CC(C)c1cc(C(C)C)c(-c2ccccc2P(C2CCCCC2)C2CCCCC2)c(C(C)C)c1.Nc1ccccc1-c1cccc[c]1[Pd][Cl]. The van der Waals surface area contributed by atoms with Crippen molar-refractivity contribution in [2.24, 2.45) is 0 Å². The standard InChI is InChI=1S/2C33H49P.C12H10N.ClH.Pd/c1-23(2)27-21-31(24(3)4)33(32(22-27)25(5)6)26-14-13-19-30(20-26)34(28-15-9-7-10-16-28)29-17-11-8-12-18-29;1-23(2)26-21-30(24(3)4)33(31(22-26)25(5)6)29-19-13-14-20-32(29)34(27-15-9-7-10-16-27)28-17-11-8-12-18-28;13-12-9-5-4-8-11(12)10-6-2-1-3-7-10;;/h13-14,19-25,28-29H,7-12,15-18H2,1-6H3;13-14,19-25,27-28H,7-12,15-18H2,1-6H3;1-6,8-9H,13H2;1H;/q;;;;+1/p-1. The van der Waals surface area contributed by atoms with E-state index >= 15 is 0 Å². The van der Waals surface area contributed by atoms with E-state index in [1.54, 1.807) is 49.6 Å². The molecule has 0 atom stereocenters. The van der Waals surface area contributed by atoms with E-state index in [4.69, 9.17) is 15.3 Å². The number of nitrogen functional groups attached to an aromatic ring is 1. The van der Waals surface area contributed by atoms with E-state index in [0.29, 0.717) is 35.5 Å². The molecule has 0 amide bonds. The summed E-state index contributed by atoms with van der Waals surface area (Å²) in [7, 11) is 5.76. The molecule has 0 saturated heterocycles. The Bertz CT molecular complexity index is 2850. The van der Waals surface area contributed by atoms with E-state index in [9.17, 15) is 0 Å². The fourth-order valence-corrected chi connectivity index (χ4v) is 23.7. The van der Waals surface area contributed by atoms with Crippen LogP contribution in [0.15, 0.2) is 121 Å². The number of anilines is 1. The van der Waals surface area contributed by atoms with Gasteiger partial charge in [-0.25, -0.2) is 0 Å². The Kier molecular flexibility index (Phi) is 25.6. The topological polar surface area (TPSA) is 26.0 Å². The first-order valence-corrected chi connectivity index (χ1v) is 39.1. The van der Waals surface area contributed by atoms with Crippen molar-refractivity contribution in [2.75, 3.05) is 5.73 Å². The molecule has 5 heteroatoms. The molecule has 6 aromatic rings. The van der Waals surface area contributed by atoms with Crippen LogP contribution in [0, 0.1) is 0 Å². The molecule has 0 radical (unpaired) electrons. The van der Waals surface area contributed by atoms with Gasteiger partial charge in [0.25, 0.3) is 0 Å². The summed E-state index contributed by atoms with van der Waals surface area (Å²) in [5.74, 6) is 3.28. The number of halogens is 1. The monoisotopic (exact) mass is 1260 g/mol. The molecule has 4 saturated carbocycles. The Labute approximate surface area is 522 Å². The van der Waals surface area contributed by atoms with Gasteiger partial charge in [0.15, 0.2) is 0 Å². The summed E-state index contributed by atoms with van der Waals surface area (Å²) in [5, 5.41) is 3.46. The number of hydrogen-bond acceptors (Lipinski definition) is 1. The van der Waals surface area contributed by atoms with Crippen LogP contribution in [-0.4, -0.2) is 22.6 Å². The van der Waals surface area contributed by atoms with Crippen LogP contribution in [-0.2, 0) is 17.0 Å². The van der Waals surface area contributed by atoms with Gasteiger partial charge in [-0.1, -0.05) is 243 Å². The first-order chi connectivity index (χ1) is 40.1. The van der Waals surface area contributed by atoms with Crippen molar-refractivity contribution in [1.82, 2.24) is 0 Å². The Morgan fingerprint density at radius 1 is 0.373 bits per heavy atom. The second kappa shape index (κ2) is 32.2. The van der Waals surface area contributed by atoms with Crippen molar-refractivity contribution in [1.29, 1.82) is 0 Å². The van der Waals surface area contributed by atoms with E-state index < -0.39 is 0 Å². The molecule has 0 aliphatic heterocycles. The van der Waals surface area contributed by atoms with Crippen LogP contribution in [0.4, 0.5) is 5.69 Å². The van der Waals surface area contributed by atoms with Gasteiger partial charge >= 0.3 is 102 Å². The number of rotatable bonds is 16. The number of nitrogens with two attached hydrogens (primary N) is 1. The maximum atomic E-state index is 5.94. The third kappa shape index (κ3) is 17.0. The van der Waals surface area contributed by atoms with Crippen LogP contribution in [0.3, 0.4) is 0 Å². The molecule has 0 heterocycles.